The molecule has 1 saturated carbocycles. The molecule has 3 rings (SSSR count). The van der Waals surface area contributed by atoms with Gasteiger partial charge in [0, 0.05) is 12.1 Å². The molecule has 0 bridgehead atoms. The molecule has 0 aromatic heterocycles. The zero-order chi connectivity index (χ0) is 11.5. The molecule has 0 aromatic rings. The van der Waals surface area contributed by atoms with Gasteiger partial charge in [0.05, 0.1) is 0 Å². The number of allylic oxidation sites excluding steroid dienone is 2. The highest BCUT2D eigenvalue weighted by molar-refractivity contribution is 4.92. The predicted molar refractivity (Wildman–Crippen MR) is 72.1 cm³/mol. The minimum atomic E-state index is 0.802. The summed E-state index contributed by atoms with van der Waals surface area (Å²) in [6.45, 7) is 3.93. The second-order valence-corrected chi connectivity index (χ2v) is 6.10. The predicted octanol–water partition coefficient (Wildman–Crippen LogP) is 2.56. The molecule has 2 heteroatoms. The first-order chi connectivity index (χ1) is 8.42. The van der Waals surface area contributed by atoms with Crippen molar-refractivity contribution in [1.29, 1.82) is 0 Å². The van der Waals surface area contributed by atoms with Gasteiger partial charge in [-0.3, -0.25) is 0 Å². The first kappa shape index (κ1) is 11.7. The Balaban J connectivity index is 1.34. The number of nitrogens with one attached hydrogen (secondary N) is 1. The van der Waals surface area contributed by atoms with Crippen LogP contribution in [0.5, 0.6) is 0 Å². The highest BCUT2D eigenvalue weighted by Crippen LogP contribution is 2.29. The van der Waals surface area contributed by atoms with Gasteiger partial charge >= 0.3 is 0 Å². The maximum absolute atomic E-state index is 3.81. The van der Waals surface area contributed by atoms with E-state index in [1.54, 1.807) is 0 Å². The Bertz CT molecular complexity index is 262. The van der Waals surface area contributed by atoms with E-state index in [-0.39, 0.29) is 0 Å². The highest BCUT2D eigenvalue weighted by Gasteiger charge is 2.31. The van der Waals surface area contributed by atoms with Crippen LogP contribution in [0.25, 0.3) is 0 Å². The standard InChI is InChI=1S/C15H26N2/c1-2-4-13(5-3-1)12-16-14-8-10-17(11-9-14)15-6-7-15/h1-2,13-16H,3-12H2. The fourth-order valence-corrected chi connectivity index (χ4v) is 3.28. The molecule has 1 atom stereocenters. The Morgan fingerprint density at radius 1 is 1.00 bits per heavy atom. The van der Waals surface area contributed by atoms with Crippen molar-refractivity contribution in [1.82, 2.24) is 10.2 Å². The molecule has 0 spiro atoms. The van der Waals surface area contributed by atoms with Crippen LogP contribution in [0.2, 0.25) is 0 Å². The van der Waals surface area contributed by atoms with E-state index in [4.69, 9.17) is 0 Å². The number of hydrogen-bond acceptors (Lipinski definition) is 2. The van der Waals surface area contributed by atoms with Crippen LogP contribution in [-0.4, -0.2) is 36.6 Å². The van der Waals surface area contributed by atoms with Crippen molar-refractivity contribution < 1.29 is 0 Å². The van der Waals surface area contributed by atoms with Gasteiger partial charge in [-0.2, -0.15) is 0 Å². The topological polar surface area (TPSA) is 15.3 Å². The normalized spacial score (nSPS) is 31.9. The largest absolute Gasteiger partial charge is 0.314 e. The lowest BCUT2D eigenvalue weighted by atomic mass is 9.93. The molecule has 2 fully saturated rings. The van der Waals surface area contributed by atoms with E-state index in [0.717, 1.165) is 18.0 Å². The second-order valence-electron chi connectivity index (χ2n) is 6.10. The fourth-order valence-electron chi connectivity index (χ4n) is 3.28. The van der Waals surface area contributed by atoms with E-state index in [0.29, 0.717) is 0 Å². The number of hydrogen-bond donors (Lipinski definition) is 1. The Hall–Kier alpha value is -0.340. The minimum absolute atomic E-state index is 0.802. The van der Waals surface area contributed by atoms with Crippen LogP contribution in [-0.2, 0) is 0 Å². The number of nitrogens with zero attached hydrogens (tertiary/aromatic N) is 1. The molecule has 1 N–H and O–H groups in total. The van der Waals surface area contributed by atoms with Crippen molar-refractivity contribution in [3.8, 4) is 0 Å². The lowest BCUT2D eigenvalue weighted by Crippen LogP contribution is -2.44. The maximum Gasteiger partial charge on any atom is 0.00964 e. The molecule has 3 aliphatic rings. The van der Waals surface area contributed by atoms with Crippen LogP contribution in [0.4, 0.5) is 0 Å². The zero-order valence-corrected chi connectivity index (χ0v) is 10.9. The van der Waals surface area contributed by atoms with Crippen LogP contribution in [0.15, 0.2) is 12.2 Å². The third-order valence-corrected chi connectivity index (χ3v) is 4.67. The molecule has 1 heterocycles. The molecule has 0 amide bonds. The SMILES string of the molecule is C1=CCC(CNC2CCN(C3CC3)CC2)CC1. The van der Waals surface area contributed by atoms with E-state index in [9.17, 15) is 0 Å². The molecular weight excluding hydrogens is 208 g/mol. The summed E-state index contributed by atoms with van der Waals surface area (Å²) >= 11 is 0. The van der Waals surface area contributed by atoms with Crippen molar-refractivity contribution in [3.05, 3.63) is 12.2 Å². The smallest absolute Gasteiger partial charge is 0.00964 e. The van der Waals surface area contributed by atoms with Gasteiger partial charge in [0.1, 0.15) is 0 Å². The Morgan fingerprint density at radius 3 is 2.47 bits per heavy atom. The van der Waals surface area contributed by atoms with Crippen molar-refractivity contribution in [2.45, 2.75) is 57.0 Å². The van der Waals surface area contributed by atoms with Gasteiger partial charge in [-0.05, 0) is 70.5 Å². The van der Waals surface area contributed by atoms with Gasteiger partial charge < -0.3 is 10.2 Å². The van der Waals surface area contributed by atoms with Crippen LogP contribution in [0.3, 0.4) is 0 Å². The van der Waals surface area contributed by atoms with Gasteiger partial charge in [-0.15, -0.1) is 0 Å². The molecular formula is C15H26N2. The van der Waals surface area contributed by atoms with E-state index in [1.807, 2.05) is 0 Å². The van der Waals surface area contributed by atoms with E-state index in [2.05, 4.69) is 22.4 Å². The van der Waals surface area contributed by atoms with Gasteiger partial charge in [0.25, 0.3) is 0 Å². The first-order valence-electron chi connectivity index (χ1n) is 7.54. The van der Waals surface area contributed by atoms with Gasteiger partial charge in [0.15, 0.2) is 0 Å². The van der Waals surface area contributed by atoms with Gasteiger partial charge in [0.2, 0.25) is 0 Å². The average Bonchev–Trinajstić information content (AvgIpc) is 3.23. The van der Waals surface area contributed by atoms with Gasteiger partial charge in [-0.1, -0.05) is 12.2 Å². The molecule has 96 valence electrons. The Kier molecular flexibility index (Phi) is 3.82. The molecule has 0 aromatic carbocycles. The number of piperidine rings is 1. The first-order valence-corrected chi connectivity index (χ1v) is 7.54. The Morgan fingerprint density at radius 2 is 1.82 bits per heavy atom. The Labute approximate surface area is 105 Å². The van der Waals surface area contributed by atoms with E-state index in [1.165, 1.54) is 64.6 Å². The average molecular weight is 234 g/mol. The summed E-state index contributed by atoms with van der Waals surface area (Å²) < 4.78 is 0. The monoisotopic (exact) mass is 234 g/mol. The van der Waals surface area contributed by atoms with Crippen molar-refractivity contribution in [2.75, 3.05) is 19.6 Å². The summed E-state index contributed by atoms with van der Waals surface area (Å²) in [5, 5.41) is 3.81. The van der Waals surface area contributed by atoms with E-state index >= 15 is 0 Å². The maximum atomic E-state index is 3.81. The third-order valence-electron chi connectivity index (χ3n) is 4.67. The number of likely N-dealkylation sites (tertiary alicyclic amines) is 1. The molecule has 2 aliphatic carbocycles. The highest BCUT2D eigenvalue weighted by atomic mass is 15.2. The minimum Gasteiger partial charge on any atom is -0.314 e. The number of rotatable bonds is 4. The molecule has 0 radical (unpaired) electrons. The quantitative estimate of drug-likeness (QED) is 0.752. The summed E-state index contributed by atoms with van der Waals surface area (Å²) in [6.07, 6.45) is 14.4. The summed E-state index contributed by atoms with van der Waals surface area (Å²) in [6, 6.07) is 1.77. The summed E-state index contributed by atoms with van der Waals surface area (Å²) in [5.41, 5.74) is 0. The van der Waals surface area contributed by atoms with E-state index < -0.39 is 0 Å². The van der Waals surface area contributed by atoms with Crippen LogP contribution in [0.1, 0.15) is 44.9 Å². The summed E-state index contributed by atoms with van der Waals surface area (Å²) in [5.74, 6) is 0.904. The lowest BCUT2D eigenvalue weighted by Gasteiger charge is -2.33. The molecule has 17 heavy (non-hydrogen) atoms. The summed E-state index contributed by atoms with van der Waals surface area (Å²) in [4.78, 5) is 2.71. The van der Waals surface area contributed by atoms with Crippen LogP contribution < -0.4 is 5.32 Å². The lowest BCUT2D eigenvalue weighted by molar-refractivity contribution is 0.186. The summed E-state index contributed by atoms with van der Waals surface area (Å²) in [7, 11) is 0. The fraction of sp³-hybridized carbons (Fsp3) is 0.867. The van der Waals surface area contributed by atoms with Crippen LogP contribution >= 0.6 is 0 Å². The van der Waals surface area contributed by atoms with Crippen molar-refractivity contribution >= 4 is 0 Å². The molecule has 1 aliphatic heterocycles. The second kappa shape index (κ2) is 5.53. The molecule has 2 nitrogen and oxygen atoms in total. The zero-order valence-electron chi connectivity index (χ0n) is 10.9. The molecule has 1 saturated heterocycles. The van der Waals surface area contributed by atoms with Crippen molar-refractivity contribution in [3.63, 3.8) is 0 Å². The van der Waals surface area contributed by atoms with Crippen molar-refractivity contribution in [2.24, 2.45) is 5.92 Å². The van der Waals surface area contributed by atoms with Gasteiger partial charge in [-0.25, -0.2) is 0 Å². The third kappa shape index (κ3) is 3.32. The molecule has 1 unspecified atom stereocenters. The van der Waals surface area contributed by atoms with Crippen LogP contribution in [0, 0.1) is 5.92 Å².